The molecule has 1 heterocycles. The van der Waals surface area contributed by atoms with Crippen LogP contribution in [0.15, 0.2) is 116 Å². The largest absolute Gasteiger partial charge is 0.367 e. The predicted octanol–water partition coefficient (Wildman–Crippen LogP) is 9.08. The normalized spacial score (nSPS) is 15.4. The maximum absolute atomic E-state index is 6.81. The quantitative estimate of drug-likeness (QED) is 0.196. The minimum atomic E-state index is -0.0851. The first-order valence-electron chi connectivity index (χ1n) is 14.1. The first kappa shape index (κ1) is 28.0. The van der Waals surface area contributed by atoms with Gasteiger partial charge in [-0.25, -0.2) is 0 Å². The Hall–Kier alpha value is -3.53. The second-order valence-electron chi connectivity index (χ2n) is 11.1. The molecule has 5 rings (SSSR count). The summed E-state index contributed by atoms with van der Waals surface area (Å²) in [7, 11) is 0. The number of aryl methyl sites for hydroxylation is 2. The van der Waals surface area contributed by atoms with Gasteiger partial charge in [-0.1, -0.05) is 116 Å². The molecule has 0 N–H and O–H groups in total. The third-order valence-corrected chi connectivity index (χ3v) is 8.17. The van der Waals surface area contributed by atoms with Crippen molar-refractivity contribution in [3.63, 3.8) is 0 Å². The van der Waals surface area contributed by atoms with Gasteiger partial charge in [0.1, 0.15) is 6.10 Å². The molecule has 0 aliphatic carbocycles. The van der Waals surface area contributed by atoms with Crippen LogP contribution in [0.5, 0.6) is 0 Å². The van der Waals surface area contributed by atoms with Gasteiger partial charge in [0, 0.05) is 17.4 Å². The SMILES string of the molecule is Cc1ccc(COC(c2ccccc2)C(C(C)C)N2C=CN(C(c3ccccc3)c3ccc(Cl)cc3)C2)cc1C. The Morgan fingerprint density at radius 3 is 1.93 bits per heavy atom. The fourth-order valence-corrected chi connectivity index (χ4v) is 5.82. The number of halogens is 1. The number of nitrogens with zero attached hydrogens (tertiary/aromatic N) is 2. The highest BCUT2D eigenvalue weighted by molar-refractivity contribution is 6.30. The second-order valence-corrected chi connectivity index (χ2v) is 11.6. The molecular weight excluding hydrogens is 512 g/mol. The van der Waals surface area contributed by atoms with E-state index < -0.39 is 0 Å². The van der Waals surface area contributed by atoms with Gasteiger partial charge in [-0.3, -0.25) is 0 Å². The van der Waals surface area contributed by atoms with Crippen LogP contribution in [-0.2, 0) is 11.3 Å². The fraction of sp³-hybridized carbons (Fsp3) is 0.278. The molecule has 0 bridgehead atoms. The minimum Gasteiger partial charge on any atom is -0.367 e. The lowest BCUT2D eigenvalue weighted by atomic mass is 9.92. The summed E-state index contributed by atoms with van der Waals surface area (Å²) in [5, 5.41) is 0.751. The molecule has 0 saturated heterocycles. The van der Waals surface area contributed by atoms with Crippen LogP contribution < -0.4 is 0 Å². The Kier molecular flexibility index (Phi) is 8.94. The third-order valence-electron chi connectivity index (χ3n) is 7.91. The van der Waals surface area contributed by atoms with Gasteiger partial charge in [-0.2, -0.15) is 0 Å². The maximum Gasteiger partial charge on any atom is 0.103 e. The molecule has 40 heavy (non-hydrogen) atoms. The predicted molar refractivity (Wildman–Crippen MR) is 166 cm³/mol. The van der Waals surface area contributed by atoms with Gasteiger partial charge in [0.25, 0.3) is 0 Å². The van der Waals surface area contributed by atoms with E-state index in [-0.39, 0.29) is 18.2 Å². The Balaban J connectivity index is 1.43. The van der Waals surface area contributed by atoms with Crippen LogP contribution in [-0.4, -0.2) is 22.5 Å². The van der Waals surface area contributed by atoms with Crippen molar-refractivity contribution in [1.82, 2.24) is 9.80 Å². The Morgan fingerprint density at radius 2 is 1.30 bits per heavy atom. The van der Waals surface area contributed by atoms with E-state index in [1.165, 1.54) is 33.4 Å². The van der Waals surface area contributed by atoms with E-state index >= 15 is 0 Å². The molecule has 0 fully saturated rings. The number of rotatable bonds is 10. The third kappa shape index (κ3) is 6.43. The van der Waals surface area contributed by atoms with Crippen LogP contribution in [0.4, 0.5) is 0 Å². The van der Waals surface area contributed by atoms with Gasteiger partial charge in [0.15, 0.2) is 0 Å². The van der Waals surface area contributed by atoms with Crippen LogP contribution in [0.1, 0.15) is 59.4 Å². The van der Waals surface area contributed by atoms with Gasteiger partial charge >= 0.3 is 0 Å². The Bertz CT molecular complexity index is 1400. The molecule has 3 unspecified atom stereocenters. The second kappa shape index (κ2) is 12.8. The van der Waals surface area contributed by atoms with Crippen molar-refractivity contribution in [3.05, 3.63) is 154 Å². The number of benzene rings is 4. The lowest BCUT2D eigenvalue weighted by Crippen LogP contribution is -2.43. The zero-order valence-electron chi connectivity index (χ0n) is 23.9. The smallest absolute Gasteiger partial charge is 0.103 e. The van der Waals surface area contributed by atoms with E-state index in [1.54, 1.807) is 0 Å². The summed E-state index contributed by atoms with van der Waals surface area (Å²) in [5.41, 5.74) is 7.48. The van der Waals surface area contributed by atoms with Crippen molar-refractivity contribution in [2.24, 2.45) is 5.92 Å². The van der Waals surface area contributed by atoms with Crippen LogP contribution in [0.25, 0.3) is 0 Å². The average Bonchev–Trinajstić information content (AvgIpc) is 3.43. The lowest BCUT2D eigenvalue weighted by Gasteiger charge is -2.39. The molecule has 3 atom stereocenters. The number of hydrogen-bond donors (Lipinski definition) is 0. The summed E-state index contributed by atoms with van der Waals surface area (Å²) >= 11 is 6.26. The maximum atomic E-state index is 6.81. The summed E-state index contributed by atoms with van der Waals surface area (Å²) in [6, 6.07) is 36.4. The average molecular weight is 551 g/mol. The molecule has 4 aromatic rings. The Morgan fingerprint density at radius 1 is 0.700 bits per heavy atom. The molecule has 4 aromatic carbocycles. The molecule has 0 spiro atoms. The highest BCUT2D eigenvalue weighted by atomic mass is 35.5. The van der Waals surface area contributed by atoms with E-state index in [9.17, 15) is 0 Å². The van der Waals surface area contributed by atoms with Gasteiger partial charge in [0.2, 0.25) is 0 Å². The van der Waals surface area contributed by atoms with E-state index in [4.69, 9.17) is 16.3 Å². The summed E-state index contributed by atoms with van der Waals surface area (Å²) in [6.07, 6.45) is 4.39. The van der Waals surface area contributed by atoms with E-state index in [0.717, 1.165) is 11.7 Å². The molecule has 206 valence electrons. The van der Waals surface area contributed by atoms with Crippen molar-refractivity contribution in [2.75, 3.05) is 6.67 Å². The monoisotopic (exact) mass is 550 g/mol. The zero-order valence-corrected chi connectivity index (χ0v) is 24.6. The van der Waals surface area contributed by atoms with E-state index in [0.29, 0.717) is 12.5 Å². The lowest BCUT2D eigenvalue weighted by molar-refractivity contribution is -0.0339. The van der Waals surface area contributed by atoms with Crippen molar-refractivity contribution < 1.29 is 4.74 Å². The molecule has 0 aromatic heterocycles. The first-order chi connectivity index (χ1) is 19.4. The van der Waals surface area contributed by atoms with Crippen molar-refractivity contribution in [1.29, 1.82) is 0 Å². The molecule has 3 nitrogen and oxygen atoms in total. The molecule has 0 radical (unpaired) electrons. The van der Waals surface area contributed by atoms with Crippen molar-refractivity contribution in [3.8, 4) is 0 Å². The van der Waals surface area contributed by atoms with Gasteiger partial charge in [-0.05, 0) is 65.3 Å². The fourth-order valence-electron chi connectivity index (χ4n) is 5.69. The van der Waals surface area contributed by atoms with Crippen LogP contribution in [0.2, 0.25) is 5.02 Å². The van der Waals surface area contributed by atoms with Crippen molar-refractivity contribution >= 4 is 11.6 Å². The summed E-state index contributed by atoms with van der Waals surface area (Å²) in [5.74, 6) is 0.361. The number of ether oxygens (including phenoxy) is 1. The number of hydrogen-bond acceptors (Lipinski definition) is 3. The van der Waals surface area contributed by atoms with Gasteiger partial charge in [-0.15, -0.1) is 0 Å². The molecule has 4 heteroatoms. The highest BCUT2D eigenvalue weighted by Crippen LogP contribution is 2.37. The molecule has 1 aliphatic heterocycles. The van der Waals surface area contributed by atoms with E-state index in [2.05, 4.69) is 141 Å². The van der Waals surface area contributed by atoms with Crippen LogP contribution in [0.3, 0.4) is 0 Å². The molecular formula is C36H39ClN2O. The van der Waals surface area contributed by atoms with Crippen molar-refractivity contribution in [2.45, 2.75) is 52.5 Å². The minimum absolute atomic E-state index is 0.0826. The first-order valence-corrected chi connectivity index (χ1v) is 14.5. The summed E-state index contributed by atoms with van der Waals surface area (Å²) in [4.78, 5) is 4.87. The van der Waals surface area contributed by atoms with Gasteiger partial charge in [0.05, 0.1) is 25.4 Å². The summed E-state index contributed by atoms with van der Waals surface area (Å²) in [6.45, 7) is 10.2. The summed E-state index contributed by atoms with van der Waals surface area (Å²) < 4.78 is 6.81. The molecule has 1 aliphatic rings. The topological polar surface area (TPSA) is 15.7 Å². The zero-order chi connectivity index (χ0) is 28.1. The van der Waals surface area contributed by atoms with E-state index in [1.807, 2.05) is 12.1 Å². The highest BCUT2D eigenvalue weighted by Gasteiger charge is 2.35. The Labute approximate surface area is 244 Å². The van der Waals surface area contributed by atoms with Crippen LogP contribution >= 0.6 is 11.6 Å². The molecule has 0 amide bonds. The van der Waals surface area contributed by atoms with Gasteiger partial charge < -0.3 is 14.5 Å². The standard InChI is InChI=1S/C36H39ClN2O/c1-26(2)34(36(32-13-9-6-10-14-32)40-24-29-16-15-27(3)28(4)23-29)38-21-22-39(25-38)35(30-11-7-5-8-12-30)31-17-19-33(37)20-18-31/h5-23,26,34-36H,24-25H2,1-4H3. The molecule has 0 saturated carbocycles. The van der Waals surface area contributed by atoms with Crippen LogP contribution in [0, 0.1) is 19.8 Å².